The molecule has 0 saturated heterocycles. The molecular weight excluding hydrogens is 360 g/mol. The molecule has 6 nitrogen and oxygen atoms in total. The van der Waals surface area contributed by atoms with E-state index in [1.807, 2.05) is 45.2 Å². The Labute approximate surface area is 158 Å². The average molecular weight is 385 g/mol. The third-order valence-electron chi connectivity index (χ3n) is 3.38. The second-order valence-corrected chi connectivity index (χ2v) is 6.93. The van der Waals surface area contributed by atoms with Crippen LogP contribution in [-0.2, 0) is 11.2 Å². The van der Waals surface area contributed by atoms with E-state index in [0.717, 1.165) is 10.5 Å². The van der Waals surface area contributed by atoms with Crippen LogP contribution in [0.5, 0.6) is 0 Å². The fourth-order valence-electron chi connectivity index (χ4n) is 2.10. The first-order chi connectivity index (χ1) is 11.5. The first kappa shape index (κ1) is 21.5. The third-order valence-corrected chi connectivity index (χ3v) is 4.45. The van der Waals surface area contributed by atoms with Crippen molar-refractivity contribution in [3.8, 4) is 11.5 Å². The Hall–Kier alpha value is -1.57. The van der Waals surface area contributed by atoms with Crippen molar-refractivity contribution < 1.29 is 9.32 Å². The fourth-order valence-corrected chi connectivity index (χ4v) is 2.95. The Morgan fingerprint density at radius 3 is 2.68 bits per heavy atom. The van der Waals surface area contributed by atoms with Crippen LogP contribution >= 0.6 is 24.2 Å². The zero-order valence-corrected chi connectivity index (χ0v) is 16.5. The highest BCUT2D eigenvalue weighted by Crippen LogP contribution is 2.30. The zero-order valence-electron chi connectivity index (χ0n) is 14.9. The highest BCUT2D eigenvalue weighted by atomic mass is 35.5. The summed E-state index contributed by atoms with van der Waals surface area (Å²) >= 11 is 1.47. The molecule has 1 atom stereocenters. The number of likely N-dealkylation sites (N-methyl/N-ethyl adjacent to an activating group) is 1. The molecule has 1 amide bonds. The van der Waals surface area contributed by atoms with Gasteiger partial charge in [0.1, 0.15) is 0 Å². The Morgan fingerprint density at radius 2 is 2.00 bits per heavy atom. The van der Waals surface area contributed by atoms with Gasteiger partial charge in [0.05, 0.1) is 11.3 Å². The molecule has 2 aromatic rings. The van der Waals surface area contributed by atoms with E-state index in [1.54, 1.807) is 0 Å². The summed E-state index contributed by atoms with van der Waals surface area (Å²) in [6.07, 6.45) is 0.701. The maximum Gasteiger partial charge on any atom is 0.259 e. The molecule has 2 rings (SSSR count). The second-order valence-electron chi connectivity index (χ2n) is 5.92. The summed E-state index contributed by atoms with van der Waals surface area (Å²) in [5, 5.41) is 10.1. The number of carbonyl (C=O) groups is 1. The van der Waals surface area contributed by atoms with Crippen LogP contribution in [0.15, 0.2) is 33.7 Å². The van der Waals surface area contributed by atoms with Crippen molar-refractivity contribution >= 4 is 30.1 Å². The van der Waals surface area contributed by atoms with Crippen LogP contribution in [-0.4, -0.2) is 40.9 Å². The van der Waals surface area contributed by atoms with Crippen molar-refractivity contribution in [1.82, 2.24) is 20.8 Å². The summed E-state index contributed by atoms with van der Waals surface area (Å²) in [5.41, 5.74) is 0.857. The summed E-state index contributed by atoms with van der Waals surface area (Å²) in [4.78, 5) is 17.3. The van der Waals surface area contributed by atoms with E-state index in [2.05, 4.69) is 27.7 Å². The lowest BCUT2D eigenvalue weighted by Gasteiger charge is -2.09. The Bertz CT molecular complexity index is 678. The standard InChI is InChI=1S/C17H24N4O2S.ClH/c1-11(2)19-16(22)10-24-14-8-6-5-7-13(14)17-20-15(21-23-17)9-12(3)18-4;/h5-8,11-12,18H,9-10H2,1-4H3,(H,19,22);1H. The second kappa shape index (κ2) is 10.4. The molecule has 0 bridgehead atoms. The molecular formula is C17H25ClN4O2S. The van der Waals surface area contributed by atoms with Crippen molar-refractivity contribution in [2.75, 3.05) is 12.8 Å². The number of amides is 1. The lowest BCUT2D eigenvalue weighted by Crippen LogP contribution is -2.31. The quantitative estimate of drug-likeness (QED) is 0.681. The number of aromatic nitrogens is 2. The minimum absolute atomic E-state index is 0. The van der Waals surface area contributed by atoms with Crippen molar-refractivity contribution in [1.29, 1.82) is 0 Å². The maximum absolute atomic E-state index is 11.8. The highest BCUT2D eigenvalue weighted by Gasteiger charge is 2.15. The van der Waals surface area contributed by atoms with Gasteiger partial charge in [-0.3, -0.25) is 4.79 Å². The number of carbonyl (C=O) groups excluding carboxylic acids is 1. The maximum atomic E-state index is 11.8. The monoisotopic (exact) mass is 384 g/mol. The van der Waals surface area contributed by atoms with E-state index in [9.17, 15) is 4.79 Å². The van der Waals surface area contributed by atoms with Gasteiger partial charge >= 0.3 is 0 Å². The molecule has 0 spiro atoms. The minimum Gasteiger partial charge on any atom is -0.353 e. The predicted octanol–water partition coefficient (Wildman–Crippen LogP) is 2.93. The molecule has 0 radical (unpaired) electrons. The molecule has 8 heteroatoms. The molecule has 0 aliphatic carbocycles. The summed E-state index contributed by atoms with van der Waals surface area (Å²) in [6, 6.07) is 8.17. The van der Waals surface area contributed by atoms with Gasteiger partial charge in [-0.15, -0.1) is 24.2 Å². The number of rotatable bonds is 8. The van der Waals surface area contributed by atoms with E-state index >= 15 is 0 Å². The number of nitrogens with one attached hydrogen (secondary N) is 2. The fraction of sp³-hybridized carbons (Fsp3) is 0.471. The molecule has 0 fully saturated rings. The van der Waals surface area contributed by atoms with Crippen LogP contribution < -0.4 is 10.6 Å². The molecule has 25 heavy (non-hydrogen) atoms. The first-order valence-corrected chi connectivity index (χ1v) is 8.99. The van der Waals surface area contributed by atoms with E-state index < -0.39 is 0 Å². The number of nitrogens with zero attached hydrogens (tertiary/aromatic N) is 2. The van der Waals surface area contributed by atoms with Crippen LogP contribution in [0.25, 0.3) is 11.5 Å². The van der Waals surface area contributed by atoms with Crippen LogP contribution in [0, 0.1) is 0 Å². The Morgan fingerprint density at radius 1 is 1.28 bits per heavy atom. The van der Waals surface area contributed by atoms with Crippen molar-refractivity contribution in [2.45, 2.75) is 44.2 Å². The minimum atomic E-state index is 0. The molecule has 1 unspecified atom stereocenters. The Kier molecular flexibility index (Phi) is 8.96. The summed E-state index contributed by atoms with van der Waals surface area (Å²) in [6.45, 7) is 5.96. The molecule has 1 aromatic heterocycles. The number of benzene rings is 1. The zero-order chi connectivity index (χ0) is 17.5. The van der Waals surface area contributed by atoms with Gasteiger partial charge in [-0.1, -0.05) is 17.3 Å². The van der Waals surface area contributed by atoms with Gasteiger partial charge in [0.2, 0.25) is 5.91 Å². The van der Waals surface area contributed by atoms with Crippen LogP contribution in [0.1, 0.15) is 26.6 Å². The van der Waals surface area contributed by atoms with Crippen molar-refractivity contribution in [3.05, 3.63) is 30.1 Å². The van der Waals surface area contributed by atoms with Crippen molar-refractivity contribution in [2.24, 2.45) is 0 Å². The summed E-state index contributed by atoms with van der Waals surface area (Å²) in [7, 11) is 1.90. The predicted molar refractivity (Wildman–Crippen MR) is 103 cm³/mol. The lowest BCUT2D eigenvalue weighted by molar-refractivity contribution is -0.119. The molecule has 0 aliphatic rings. The van der Waals surface area contributed by atoms with Gasteiger partial charge in [-0.05, 0) is 40.0 Å². The third kappa shape index (κ3) is 6.68. The van der Waals surface area contributed by atoms with E-state index in [1.165, 1.54) is 11.8 Å². The molecule has 0 aliphatic heterocycles. The largest absolute Gasteiger partial charge is 0.353 e. The number of thioether (sulfide) groups is 1. The summed E-state index contributed by atoms with van der Waals surface area (Å²) < 4.78 is 5.41. The number of hydrogen-bond acceptors (Lipinski definition) is 6. The van der Waals surface area contributed by atoms with Gasteiger partial charge in [0.25, 0.3) is 5.89 Å². The van der Waals surface area contributed by atoms with Crippen LogP contribution in [0.3, 0.4) is 0 Å². The molecule has 0 saturated carbocycles. The van der Waals surface area contributed by atoms with E-state index in [-0.39, 0.29) is 30.4 Å². The SMILES string of the molecule is CNC(C)Cc1noc(-c2ccccc2SCC(=O)NC(C)C)n1.Cl. The van der Waals surface area contributed by atoms with Gasteiger partial charge < -0.3 is 15.2 Å². The average Bonchev–Trinajstić information content (AvgIpc) is 3.00. The van der Waals surface area contributed by atoms with E-state index in [0.29, 0.717) is 23.9 Å². The Balaban J connectivity index is 0.00000312. The molecule has 2 N–H and O–H groups in total. The molecule has 138 valence electrons. The number of hydrogen-bond donors (Lipinski definition) is 2. The highest BCUT2D eigenvalue weighted by molar-refractivity contribution is 8.00. The van der Waals surface area contributed by atoms with Gasteiger partial charge in [-0.25, -0.2) is 0 Å². The molecule has 1 heterocycles. The number of halogens is 1. The smallest absolute Gasteiger partial charge is 0.259 e. The molecule has 1 aromatic carbocycles. The van der Waals surface area contributed by atoms with Gasteiger partial charge in [-0.2, -0.15) is 4.98 Å². The van der Waals surface area contributed by atoms with Gasteiger partial charge in [0, 0.05) is 23.4 Å². The van der Waals surface area contributed by atoms with Crippen molar-refractivity contribution in [3.63, 3.8) is 0 Å². The van der Waals surface area contributed by atoms with E-state index in [4.69, 9.17) is 4.52 Å². The van der Waals surface area contributed by atoms with Crippen LogP contribution in [0.4, 0.5) is 0 Å². The lowest BCUT2D eigenvalue weighted by atomic mass is 10.2. The normalized spacial score (nSPS) is 11.9. The van der Waals surface area contributed by atoms with Crippen LogP contribution in [0.2, 0.25) is 0 Å². The summed E-state index contributed by atoms with van der Waals surface area (Å²) in [5.74, 6) is 1.52. The van der Waals surface area contributed by atoms with Gasteiger partial charge in [0.15, 0.2) is 5.82 Å². The topological polar surface area (TPSA) is 80.0 Å². The first-order valence-electron chi connectivity index (χ1n) is 8.01.